The molecule has 0 bridgehead atoms. The minimum atomic E-state index is -1.51. The molecule has 1 aliphatic rings. The second-order valence-corrected chi connectivity index (χ2v) is 8.96. The van der Waals surface area contributed by atoms with Crippen LogP contribution < -0.4 is 10.6 Å². The zero-order valence-electron chi connectivity index (χ0n) is 19.7. The highest BCUT2D eigenvalue weighted by Gasteiger charge is 2.45. The molecule has 1 saturated heterocycles. The van der Waals surface area contributed by atoms with E-state index in [1.807, 2.05) is 60.7 Å². The van der Waals surface area contributed by atoms with Gasteiger partial charge in [0.1, 0.15) is 36.3 Å². The number of aromatic nitrogens is 2. The number of ether oxygens (including phenoxy) is 1. The maximum absolute atomic E-state index is 13.0. The smallest absolute Gasteiger partial charge is 0.319 e. The monoisotopic (exact) mass is 504 g/mol. The number of hydrogen-bond donors (Lipinski definition) is 7. The van der Waals surface area contributed by atoms with E-state index in [0.29, 0.717) is 16.7 Å². The molecule has 0 aliphatic carbocycles. The Bertz CT molecular complexity index is 1310. The molecule has 192 valence electrons. The summed E-state index contributed by atoms with van der Waals surface area (Å²) >= 11 is 0. The molecule has 2 heterocycles. The number of benzene rings is 3. The summed E-state index contributed by atoms with van der Waals surface area (Å²) < 4.78 is 5.59. The van der Waals surface area contributed by atoms with Crippen LogP contribution >= 0.6 is 0 Å². The molecule has 10 nitrogen and oxygen atoms in total. The Hall–Kier alpha value is -3.80. The average molecular weight is 505 g/mol. The van der Waals surface area contributed by atoms with Gasteiger partial charge in [-0.1, -0.05) is 60.7 Å². The number of amides is 2. The summed E-state index contributed by atoms with van der Waals surface area (Å²) in [5.74, 6) is 0.224. The van der Waals surface area contributed by atoms with Crippen molar-refractivity contribution in [3.8, 4) is 0 Å². The van der Waals surface area contributed by atoms with Gasteiger partial charge in [0, 0.05) is 5.69 Å². The molecule has 1 fully saturated rings. The number of aromatic amines is 1. The van der Waals surface area contributed by atoms with Crippen molar-refractivity contribution in [2.75, 3.05) is 11.9 Å². The normalized spacial score (nSPS) is 23.8. The summed E-state index contributed by atoms with van der Waals surface area (Å²) in [7, 11) is 0. The van der Waals surface area contributed by atoms with Gasteiger partial charge in [0.25, 0.3) is 0 Å². The molecule has 0 spiro atoms. The van der Waals surface area contributed by atoms with Crippen LogP contribution in [0.15, 0.2) is 78.9 Å². The number of urea groups is 1. The quantitative estimate of drug-likeness (QED) is 0.211. The minimum Gasteiger partial charge on any atom is -0.394 e. The lowest BCUT2D eigenvalue weighted by Gasteiger charge is -2.39. The topological polar surface area (TPSA) is 160 Å². The van der Waals surface area contributed by atoms with Gasteiger partial charge in [0.15, 0.2) is 0 Å². The molecule has 5 atom stereocenters. The first-order valence-corrected chi connectivity index (χ1v) is 11.9. The predicted octanol–water partition coefficient (Wildman–Crippen LogP) is 1.99. The Labute approximate surface area is 212 Å². The maximum Gasteiger partial charge on any atom is 0.319 e. The van der Waals surface area contributed by atoms with E-state index in [0.717, 1.165) is 11.1 Å². The Morgan fingerprint density at radius 3 is 2.19 bits per heavy atom. The number of aliphatic hydroxyl groups is 4. The number of fused-ring (bicyclic) bond motifs is 1. The highest BCUT2D eigenvalue weighted by Crippen LogP contribution is 2.32. The summed E-state index contributed by atoms with van der Waals surface area (Å²) in [6, 6.07) is 23.7. The predicted molar refractivity (Wildman–Crippen MR) is 136 cm³/mol. The number of anilines is 1. The minimum absolute atomic E-state index is 0.224. The van der Waals surface area contributed by atoms with E-state index in [1.54, 1.807) is 18.2 Å². The van der Waals surface area contributed by atoms with Crippen molar-refractivity contribution in [2.24, 2.45) is 0 Å². The Morgan fingerprint density at radius 1 is 0.919 bits per heavy atom. The number of aliphatic hydroxyl groups excluding tert-OH is 4. The molecule has 4 aromatic rings. The lowest BCUT2D eigenvalue weighted by Crippen LogP contribution is -2.55. The molecule has 5 rings (SSSR count). The Kier molecular flexibility index (Phi) is 7.17. The second-order valence-electron chi connectivity index (χ2n) is 8.96. The summed E-state index contributed by atoms with van der Waals surface area (Å²) in [5, 5.41) is 45.8. The van der Waals surface area contributed by atoms with Crippen LogP contribution in [0, 0.1) is 0 Å². The fourth-order valence-electron chi connectivity index (χ4n) is 4.52. The SMILES string of the molecule is O=C(Nc1ccc2nc([C@@H]3O[C@H](CO)[C@@H](O)[C@H](O)[C@H]3O)[nH]c2c1)NC(c1ccccc1)c1ccccc1. The summed E-state index contributed by atoms with van der Waals surface area (Å²) in [4.78, 5) is 20.4. The van der Waals surface area contributed by atoms with Gasteiger partial charge in [-0.05, 0) is 29.3 Å². The zero-order chi connectivity index (χ0) is 25.9. The standard InChI is InChI=1S/C27H28N4O6/c32-14-20-22(33)23(34)24(35)25(37-20)26-29-18-12-11-17(13-19(18)30-26)28-27(36)31-21(15-7-3-1-4-8-15)16-9-5-2-6-10-16/h1-13,20-25,32-35H,14H2,(H,29,30)(H2,28,31,36)/t20-,22-,23+,24-,25-/m1/s1. The Morgan fingerprint density at radius 2 is 1.57 bits per heavy atom. The Balaban J connectivity index is 1.34. The van der Waals surface area contributed by atoms with Crippen LogP contribution in [0.3, 0.4) is 0 Å². The number of carbonyl (C=O) groups excluding carboxylic acids is 1. The second kappa shape index (κ2) is 10.7. The summed E-state index contributed by atoms with van der Waals surface area (Å²) in [6.45, 7) is -0.530. The fraction of sp³-hybridized carbons (Fsp3) is 0.259. The molecule has 0 saturated carbocycles. The largest absolute Gasteiger partial charge is 0.394 e. The van der Waals surface area contributed by atoms with Crippen LogP contribution in [0.5, 0.6) is 0 Å². The molecule has 1 aromatic heterocycles. The highest BCUT2D eigenvalue weighted by atomic mass is 16.5. The van der Waals surface area contributed by atoms with Gasteiger partial charge < -0.3 is 40.8 Å². The van der Waals surface area contributed by atoms with Crippen LogP contribution in [-0.2, 0) is 4.74 Å². The first-order valence-electron chi connectivity index (χ1n) is 11.9. The first kappa shape index (κ1) is 24.9. The molecule has 37 heavy (non-hydrogen) atoms. The van der Waals surface area contributed by atoms with Crippen molar-refractivity contribution < 1.29 is 30.0 Å². The number of hydrogen-bond acceptors (Lipinski definition) is 7. The van der Waals surface area contributed by atoms with E-state index >= 15 is 0 Å². The molecular formula is C27H28N4O6. The van der Waals surface area contributed by atoms with E-state index < -0.39 is 43.2 Å². The molecular weight excluding hydrogens is 476 g/mol. The summed E-state index contributed by atoms with van der Waals surface area (Å²) in [6.07, 6.45) is -6.53. The van der Waals surface area contributed by atoms with Crippen molar-refractivity contribution in [2.45, 2.75) is 36.6 Å². The molecule has 2 amide bonds. The zero-order valence-corrected chi connectivity index (χ0v) is 19.7. The number of imidazole rings is 1. The van der Waals surface area contributed by atoms with Crippen LogP contribution in [-0.4, -0.2) is 67.4 Å². The molecule has 3 aromatic carbocycles. The third kappa shape index (κ3) is 5.19. The molecule has 0 unspecified atom stereocenters. The van der Waals surface area contributed by atoms with Crippen LogP contribution in [0.1, 0.15) is 29.1 Å². The lowest BCUT2D eigenvalue weighted by molar-refractivity contribution is -0.233. The van der Waals surface area contributed by atoms with E-state index in [2.05, 4.69) is 20.6 Å². The molecule has 1 aliphatic heterocycles. The summed E-state index contributed by atoms with van der Waals surface area (Å²) in [5.41, 5.74) is 3.50. The lowest BCUT2D eigenvalue weighted by atomic mass is 9.95. The average Bonchev–Trinajstić information content (AvgIpc) is 3.35. The highest BCUT2D eigenvalue weighted by molar-refractivity contribution is 5.92. The molecule has 0 radical (unpaired) electrons. The van der Waals surface area contributed by atoms with E-state index in [9.17, 15) is 25.2 Å². The van der Waals surface area contributed by atoms with Gasteiger partial charge in [-0.2, -0.15) is 0 Å². The van der Waals surface area contributed by atoms with E-state index in [1.165, 1.54) is 0 Å². The van der Waals surface area contributed by atoms with Gasteiger partial charge in [0.05, 0.1) is 23.7 Å². The third-order valence-electron chi connectivity index (χ3n) is 6.46. The fourth-order valence-corrected chi connectivity index (χ4v) is 4.52. The first-order chi connectivity index (χ1) is 17.9. The van der Waals surface area contributed by atoms with Crippen molar-refractivity contribution in [3.05, 3.63) is 95.8 Å². The van der Waals surface area contributed by atoms with Gasteiger partial charge in [-0.15, -0.1) is 0 Å². The number of rotatable bonds is 6. The van der Waals surface area contributed by atoms with Crippen LogP contribution in [0.2, 0.25) is 0 Å². The molecule has 7 N–H and O–H groups in total. The number of nitrogens with zero attached hydrogens (tertiary/aromatic N) is 1. The number of H-pyrrole nitrogens is 1. The van der Waals surface area contributed by atoms with E-state index in [-0.39, 0.29) is 11.9 Å². The van der Waals surface area contributed by atoms with Crippen LogP contribution in [0.4, 0.5) is 10.5 Å². The van der Waals surface area contributed by atoms with Crippen molar-refractivity contribution in [1.29, 1.82) is 0 Å². The maximum atomic E-state index is 13.0. The number of nitrogens with one attached hydrogen (secondary N) is 3. The third-order valence-corrected chi connectivity index (χ3v) is 6.46. The van der Waals surface area contributed by atoms with Gasteiger partial charge >= 0.3 is 6.03 Å². The van der Waals surface area contributed by atoms with Crippen molar-refractivity contribution in [1.82, 2.24) is 15.3 Å². The number of carbonyl (C=O) groups is 1. The van der Waals surface area contributed by atoms with Gasteiger partial charge in [-0.3, -0.25) is 0 Å². The van der Waals surface area contributed by atoms with E-state index in [4.69, 9.17) is 4.74 Å². The molecule has 10 heteroatoms. The van der Waals surface area contributed by atoms with Crippen molar-refractivity contribution >= 4 is 22.8 Å². The van der Waals surface area contributed by atoms with Gasteiger partial charge in [-0.25, -0.2) is 9.78 Å². The van der Waals surface area contributed by atoms with Crippen molar-refractivity contribution in [3.63, 3.8) is 0 Å². The van der Waals surface area contributed by atoms with Gasteiger partial charge in [0.2, 0.25) is 0 Å². The van der Waals surface area contributed by atoms with Crippen LogP contribution in [0.25, 0.3) is 11.0 Å².